The lowest BCUT2D eigenvalue weighted by molar-refractivity contribution is 0.0697. The Morgan fingerprint density at radius 1 is 1.10 bits per heavy atom. The van der Waals surface area contributed by atoms with Gasteiger partial charge in [-0.1, -0.05) is 31.4 Å². The van der Waals surface area contributed by atoms with Crippen molar-refractivity contribution < 1.29 is 19.4 Å². The van der Waals surface area contributed by atoms with Crippen molar-refractivity contribution in [1.82, 2.24) is 4.98 Å². The van der Waals surface area contributed by atoms with Crippen LogP contribution in [0.2, 0.25) is 0 Å². The third-order valence-electron chi connectivity index (χ3n) is 4.58. The normalized spacial score (nSPS) is 11.7. The molecule has 31 heavy (non-hydrogen) atoms. The van der Waals surface area contributed by atoms with Crippen LogP contribution in [0.4, 0.5) is 11.4 Å². The topological polar surface area (TPSA) is 71.9 Å². The van der Waals surface area contributed by atoms with Gasteiger partial charge in [-0.25, -0.2) is 4.79 Å². The molecule has 3 aromatic rings. The van der Waals surface area contributed by atoms with E-state index < -0.39 is 5.97 Å². The molecule has 2 aromatic carbocycles. The maximum Gasteiger partial charge on any atom is 0.335 e. The molecule has 1 saturated carbocycles. The third kappa shape index (κ3) is 6.47. The molecule has 1 fully saturated rings. The van der Waals surface area contributed by atoms with Crippen molar-refractivity contribution in [2.24, 2.45) is 0 Å². The van der Waals surface area contributed by atoms with Gasteiger partial charge < -0.3 is 19.5 Å². The largest absolute Gasteiger partial charge is 0.497 e. The first-order chi connectivity index (χ1) is 15.1. The van der Waals surface area contributed by atoms with Crippen LogP contribution < -0.4 is 14.4 Å². The Balaban J connectivity index is 0.000000834. The van der Waals surface area contributed by atoms with Crippen LogP contribution in [0.5, 0.6) is 11.5 Å². The van der Waals surface area contributed by atoms with E-state index >= 15 is 0 Å². The molecule has 1 aromatic heterocycles. The molecular formula is C25H28N2O4. The number of benzene rings is 2. The van der Waals surface area contributed by atoms with E-state index in [1.807, 2.05) is 48.2 Å². The summed E-state index contributed by atoms with van der Waals surface area (Å²) in [5.41, 5.74) is 2.77. The number of methoxy groups -OCH3 is 1. The van der Waals surface area contributed by atoms with Gasteiger partial charge in [0.2, 0.25) is 0 Å². The highest BCUT2D eigenvalue weighted by atomic mass is 16.5. The fourth-order valence-corrected chi connectivity index (χ4v) is 2.91. The summed E-state index contributed by atoms with van der Waals surface area (Å²) >= 11 is 0. The molecule has 1 N–H and O–H groups in total. The minimum Gasteiger partial charge on any atom is -0.497 e. The Kier molecular flexibility index (Phi) is 7.87. The van der Waals surface area contributed by atoms with Gasteiger partial charge in [0.25, 0.3) is 0 Å². The summed E-state index contributed by atoms with van der Waals surface area (Å²) in [6.45, 7) is 2.92. The smallest absolute Gasteiger partial charge is 0.335 e. The molecule has 4 rings (SSSR count). The van der Waals surface area contributed by atoms with Gasteiger partial charge in [-0.15, -0.1) is 0 Å². The highest BCUT2D eigenvalue weighted by molar-refractivity contribution is 5.89. The lowest BCUT2D eigenvalue weighted by Crippen LogP contribution is -2.18. The number of hydrogen-bond acceptors (Lipinski definition) is 5. The Bertz CT molecular complexity index is 987. The minimum absolute atomic E-state index is 0.222. The first-order valence-electron chi connectivity index (χ1n) is 10.4. The van der Waals surface area contributed by atoms with Gasteiger partial charge in [-0.2, -0.15) is 0 Å². The second-order valence-corrected chi connectivity index (χ2v) is 7.13. The molecule has 0 aliphatic heterocycles. The minimum atomic E-state index is -0.969. The zero-order chi connectivity index (χ0) is 22.1. The first-order valence-corrected chi connectivity index (χ1v) is 10.4. The van der Waals surface area contributed by atoms with Gasteiger partial charge in [-0.05, 0) is 48.9 Å². The second-order valence-electron chi connectivity index (χ2n) is 7.13. The van der Waals surface area contributed by atoms with Crippen molar-refractivity contribution in [3.63, 3.8) is 0 Å². The Labute approximate surface area is 183 Å². The van der Waals surface area contributed by atoms with Gasteiger partial charge in [0, 0.05) is 30.7 Å². The van der Waals surface area contributed by atoms with Crippen molar-refractivity contribution in [3.05, 3.63) is 78.1 Å². The molecule has 0 atom stereocenters. The number of carboxylic acids is 1. The fraction of sp³-hybridized carbons (Fsp3) is 0.280. The molecule has 0 radical (unpaired) electrons. The molecule has 1 aliphatic rings. The predicted molar refractivity (Wildman–Crippen MR) is 121 cm³/mol. The fourth-order valence-electron chi connectivity index (χ4n) is 2.91. The summed E-state index contributed by atoms with van der Waals surface area (Å²) in [6, 6.07) is 16.3. The molecule has 0 amide bonds. The quantitative estimate of drug-likeness (QED) is 0.504. The predicted octanol–water partition coefficient (Wildman–Crippen LogP) is 5.70. The van der Waals surface area contributed by atoms with Gasteiger partial charge in [0.15, 0.2) is 0 Å². The Morgan fingerprint density at radius 2 is 1.90 bits per heavy atom. The summed E-state index contributed by atoms with van der Waals surface area (Å²) in [7, 11) is 1.61. The van der Waals surface area contributed by atoms with Crippen LogP contribution in [0.25, 0.3) is 0 Å². The van der Waals surface area contributed by atoms with Crippen LogP contribution in [0.1, 0.15) is 42.1 Å². The van der Waals surface area contributed by atoms with E-state index in [0.29, 0.717) is 24.7 Å². The van der Waals surface area contributed by atoms with Gasteiger partial charge in [-0.3, -0.25) is 4.98 Å². The molecule has 1 aliphatic carbocycles. The van der Waals surface area contributed by atoms with E-state index in [0.717, 1.165) is 16.9 Å². The third-order valence-corrected chi connectivity index (χ3v) is 4.58. The molecule has 0 bridgehead atoms. The highest BCUT2D eigenvalue weighted by Gasteiger charge is 2.18. The average Bonchev–Trinajstić information content (AvgIpc) is 3.68. The van der Waals surface area contributed by atoms with Crippen LogP contribution >= 0.6 is 0 Å². The number of aromatic carboxylic acids is 1. The van der Waals surface area contributed by atoms with Crippen molar-refractivity contribution in [2.45, 2.75) is 32.7 Å². The lowest BCUT2D eigenvalue weighted by Gasteiger charge is -2.27. The maximum atomic E-state index is 11.5. The van der Waals surface area contributed by atoms with Crippen LogP contribution in [-0.4, -0.2) is 29.8 Å². The molecule has 0 saturated heterocycles. The van der Waals surface area contributed by atoms with Crippen LogP contribution in [0, 0.1) is 0 Å². The Morgan fingerprint density at radius 3 is 2.52 bits per heavy atom. The number of pyridine rings is 1. The van der Waals surface area contributed by atoms with Crippen LogP contribution in [0.15, 0.2) is 67.0 Å². The van der Waals surface area contributed by atoms with Crippen molar-refractivity contribution >= 4 is 17.3 Å². The van der Waals surface area contributed by atoms with Gasteiger partial charge in [0.1, 0.15) is 11.5 Å². The van der Waals surface area contributed by atoms with E-state index in [1.54, 1.807) is 37.7 Å². The summed E-state index contributed by atoms with van der Waals surface area (Å²) in [6.07, 6.45) is 8.01. The van der Waals surface area contributed by atoms with Crippen molar-refractivity contribution in [1.29, 1.82) is 0 Å². The zero-order valence-electron chi connectivity index (χ0n) is 18.0. The maximum absolute atomic E-state index is 11.5. The lowest BCUT2D eigenvalue weighted by atomic mass is 10.1. The van der Waals surface area contributed by atoms with E-state index in [-0.39, 0.29) is 5.56 Å². The molecule has 0 unspecified atom stereocenters. The standard InChI is InChI=1S/C22H22N2O4.C3H6/c1-3-28-21-13-19(27-2)9-10-20(21)24(15-16-6-5-11-23-14-16)18-8-4-7-17(12-18)22(25)26;1-2-3-1/h4-14H,3,15H2,1-2H3,(H,25,26);1-3H2. The van der Waals surface area contributed by atoms with Crippen molar-refractivity contribution in [3.8, 4) is 11.5 Å². The molecule has 6 nitrogen and oxygen atoms in total. The SMILES string of the molecule is C1CC1.CCOc1cc(OC)ccc1N(Cc1cccnc1)c1cccc(C(=O)O)c1. The van der Waals surface area contributed by atoms with Crippen LogP contribution in [-0.2, 0) is 6.54 Å². The first kappa shape index (κ1) is 22.2. The molecule has 6 heteroatoms. The van der Waals surface area contributed by atoms with Crippen molar-refractivity contribution in [2.75, 3.05) is 18.6 Å². The number of aromatic nitrogens is 1. The average molecular weight is 421 g/mol. The summed E-state index contributed by atoms with van der Waals surface area (Å²) < 4.78 is 11.2. The highest BCUT2D eigenvalue weighted by Crippen LogP contribution is 2.38. The molecule has 162 valence electrons. The number of rotatable bonds is 8. The number of carboxylic acid groups (broad SMARTS) is 1. The van der Waals surface area contributed by atoms with E-state index in [9.17, 15) is 9.90 Å². The summed E-state index contributed by atoms with van der Waals surface area (Å²) in [4.78, 5) is 17.6. The number of hydrogen-bond donors (Lipinski definition) is 1. The molecule has 1 heterocycles. The number of carbonyl (C=O) groups is 1. The molecular weight excluding hydrogens is 392 g/mol. The van der Waals surface area contributed by atoms with Crippen LogP contribution in [0.3, 0.4) is 0 Å². The van der Waals surface area contributed by atoms with Gasteiger partial charge in [0.05, 0.1) is 25.0 Å². The number of ether oxygens (including phenoxy) is 2. The zero-order valence-corrected chi connectivity index (χ0v) is 18.0. The van der Waals surface area contributed by atoms with E-state index in [2.05, 4.69) is 4.98 Å². The number of anilines is 2. The summed E-state index contributed by atoms with van der Waals surface area (Å²) in [5.74, 6) is 0.377. The van der Waals surface area contributed by atoms with Gasteiger partial charge >= 0.3 is 5.97 Å². The van der Waals surface area contributed by atoms with E-state index in [1.165, 1.54) is 19.3 Å². The number of nitrogens with zero attached hydrogens (tertiary/aromatic N) is 2. The molecule has 0 spiro atoms. The monoisotopic (exact) mass is 420 g/mol. The van der Waals surface area contributed by atoms with E-state index in [4.69, 9.17) is 9.47 Å². The summed E-state index contributed by atoms with van der Waals surface area (Å²) in [5, 5.41) is 9.39. The Hall–Kier alpha value is -3.54. The second kappa shape index (κ2) is 11.0.